The van der Waals surface area contributed by atoms with Crippen molar-refractivity contribution in [3.8, 4) is 0 Å². The van der Waals surface area contributed by atoms with Gasteiger partial charge in [0.1, 0.15) is 0 Å². The molecule has 0 amide bonds. The maximum absolute atomic E-state index is 11.5. The largest absolute Gasteiger partial charge is 0.322 e. The summed E-state index contributed by atoms with van der Waals surface area (Å²) in [6, 6.07) is 3.84. The predicted octanol–water partition coefficient (Wildman–Crippen LogP) is 0.607. The molecule has 2 heterocycles. The van der Waals surface area contributed by atoms with Crippen LogP contribution in [0.15, 0.2) is 24.5 Å². The molecule has 2 atom stereocenters. The van der Waals surface area contributed by atoms with Gasteiger partial charge in [-0.05, 0) is 25.5 Å². The van der Waals surface area contributed by atoms with Gasteiger partial charge in [0.15, 0.2) is 9.84 Å². The zero-order valence-corrected chi connectivity index (χ0v) is 8.87. The molecule has 0 saturated carbocycles. The topological polar surface area (TPSA) is 51.1 Å². The molecule has 0 bridgehead atoms. The summed E-state index contributed by atoms with van der Waals surface area (Å²) in [5.41, 5.74) is 3.16. The number of aromatic nitrogens is 1. The summed E-state index contributed by atoms with van der Waals surface area (Å²) < 4.78 is 24.7. The van der Waals surface area contributed by atoms with Crippen LogP contribution in [0.2, 0.25) is 0 Å². The zero-order chi connectivity index (χ0) is 10.2. The number of nitrogens with zero attached hydrogens (tertiary/aromatic N) is 1. The van der Waals surface area contributed by atoms with Crippen LogP contribution >= 0.6 is 0 Å². The molecule has 2 rings (SSSR count). The van der Waals surface area contributed by atoms with Crippen molar-refractivity contribution in [2.75, 3.05) is 11.2 Å². The molecule has 0 aromatic carbocycles. The Bertz CT molecular complexity index is 396. The minimum atomic E-state index is -2.85. The molecule has 5 heteroatoms. The monoisotopic (exact) mass is 214 g/mol. The van der Waals surface area contributed by atoms with Gasteiger partial charge in [0.25, 0.3) is 0 Å². The Morgan fingerprint density at radius 3 is 2.50 bits per heavy atom. The fraction of sp³-hybridized carbons (Fsp3) is 0.556. The van der Waals surface area contributed by atoms with Crippen LogP contribution < -0.4 is 5.43 Å². The lowest BCUT2D eigenvalue weighted by Gasteiger charge is -2.17. The van der Waals surface area contributed by atoms with Gasteiger partial charge >= 0.3 is 0 Å². The third kappa shape index (κ3) is 1.64. The highest BCUT2D eigenvalue weighted by molar-refractivity contribution is 7.92. The van der Waals surface area contributed by atoms with E-state index in [4.69, 9.17) is 0 Å². The molecule has 0 spiro atoms. The Balaban J connectivity index is 2.08. The maximum atomic E-state index is 11.5. The quantitative estimate of drug-likeness (QED) is 0.784. The first kappa shape index (κ1) is 9.58. The third-order valence-corrected chi connectivity index (χ3v) is 5.03. The van der Waals surface area contributed by atoms with Gasteiger partial charge in [0, 0.05) is 12.4 Å². The molecule has 1 aromatic heterocycles. The van der Waals surface area contributed by atoms with E-state index in [1.165, 1.54) is 0 Å². The van der Waals surface area contributed by atoms with Crippen LogP contribution in [0.5, 0.6) is 0 Å². The molecule has 4 nitrogen and oxygen atoms in total. The molecular weight excluding hydrogens is 200 g/mol. The maximum Gasteiger partial charge on any atom is 0.155 e. The predicted molar refractivity (Wildman–Crippen MR) is 55.4 cm³/mol. The van der Waals surface area contributed by atoms with Gasteiger partial charge in [-0.25, -0.2) is 8.42 Å². The summed E-state index contributed by atoms with van der Waals surface area (Å²) >= 11 is 0. The molecule has 1 N–H and O–H groups in total. The van der Waals surface area contributed by atoms with E-state index >= 15 is 0 Å². The molecule has 2 unspecified atom stereocenters. The van der Waals surface area contributed by atoms with E-state index in [-0.39, 0.29) is 11.3 Å². The van der Waals surface area contributed by atoms with Gasteiger partial charge in [-0.2, -0.15) is 0 Å². The van der Waals surface area contributed by atoms with Crippen LogP contribution in [0.1, 0.15) is 13.3 Å². The van der Waals surface area contributed by atoms with Crippen molar-refractivity contribution in [3.63, 3.8) is 0 Å². The van der Waals surface area contributed by atoms with Crippen LogP contribution in [0, 0.1) is 0 Å². The van der Waals surface area contributed by atoms with Crippen molar-refractivity contribution in [3.05, 3.63) is 24.5 Å². The Kier molecular flexibility index (Phi) is 2.26. The summed E-state index contributed by atoms with van der Waals surface area (Å²) in [5, 5.41) is -0.287. The van der Waals surface area contributed by atoms with Crippen molar-refractivity contribution < 1.29 is 8.42 Å². The average Bonchev–Trinajstić information content (AvgIpc) is 2.70. The minimum absolute atomic E-state index is 0.0346. The van der Waals surface area contributed by atoms with Gasteiger partial charge < -0.3 is 5.43 Å². The molecule has 1 aliphatic rings. The first-order chi connectivity index (χ1) is 6.59. The Labute approximate surface area is 83.8 Å². The van der Waals surface area contributed by atoms with E-state index in [1.54, 1.807) is 6.92 Å². The summed E-state index contributed by atoms with van der Waals surface area (Å²) in [6.45, 7) is 1.77. The van der Waals surface area contributed by atoms with E-state index in [0.29, 0.717) is 12.2 Å². The molecule has 1 saturated heterocycles. The van der Waals surface area contributed by atoms with Crippen molar-refractivity contribution in [1.82, 2.24) is 4.68 Å². The fourth-order valence-electron chi connectivity index (χ4n) is 1.74. The summed E-state index contributed by atoms with van der Waals surface area (Å²) in [4.78, 5) is 0. The Hall–Kier alpha value is -0.970. The second-order valence-corrected chi connectivity index (χ2v) is 6.16. The number of sulfone groups is 1. The minimum Gasteiger partial charge on any atom is -0.322 e. The molecule has 1 fully saturated rings. The third-order valence-electron chi connectivity index (χ3n) is 2.77. The molecule has 1 aromatic rings. The number of hydrogen-bond donors (Lipinski definition) is 1. The van der Waals surface area contributed by atoms with Gasteiger partial charge in [0.2, 0.25) is 0 Å². The molecule has 78 valence electrons. The van der Waals surface area contributed by atoms with E-state index in [1.807, 2.05) is 29.2 Å². The van der Waals surface area contributed by atoms with Crippen LogP contribution in [0.4, 0.5) is 0 Å². The lowest BCUT2D eigenvalue weighted by Crippen LogP contribution is -2.34. The Morgan fingerprint density at radius 2 is 2.00 bits per heavy atom. The number of hydrogen-bond acceptors (Lipinski definition) is 3. The number of rotatable bonds is 2. The standard InChI is InChI=1S/C9H14N2O2S/c1-8-9(4-7-14(8,12)13)10-11-5-2-3-6-11/h2-3,5-6,8-10H,4,7H2,1H3. The summed E-state index contributed by atoms with van der Waals surface area (Å²) in [5.74, 6) is 0.299. The average molecular weight is 214 g/mol. The van der Waals surface area contributed by atoms with Crippen molar-refractivity contribution in [1.29, 1.82) is 0 Å². The number of nitrogens with one attached hydrogen (secondary N) is 1. The highest BCUT2D eigenvalue weighted by atomic mass is 32.2. The normalized spacial score (nSPS) is 30.4. The van der Waals surface area contributed by atoms with Crippen LogP contribution in [-0.4, -0.2) is 30.1 Å². The summed E-state index contributed by atoms with van der Waals surface area (Å²) in [7, 11) is -2.85. The van der Waals surface area contributed by atoms with E-state index in [9.17, 15) is 8.42 Å². The second kappa shape index (κ2) is 3.31. The highest BCUT2D eigenvalue weighted by Crippen LogP contribution is 2.20. The molecule has 14 heavy (non-hydrogen) atoms. The zero-order valence-electron chi connectivity index (χ0n) is 8.05. The van der Waals surface area contributed by atoms with E-state index < -0.39 is 9.84 Å². The summed E-state index contributed by atoms with van der Waals surface area (Å²) in [6.07, 6.45) is 4.44. The SMILES string of the molecule is CC1C(Nn2cccc2)CCS1(=O)=O. The van der Waals surface area contributed by atoms with Crippen molar-refractivity contribution >= 4 is 9.84 Å². The van der Waals surface area contributed by atoms with Crippen molar-refractivity contribution in [2.45, 2.75) is 24.6 Å². The molecule has 0 aliphatic carbocycles. The molecule has 0 radical (unpaired) electrons. The molecule has 1 aliphatic heterocycles. The fourth-order valence-corrected chi connectivity index (χ4v) is 3.40. The van der Waals surface area contributed by atoms with E-state index in [2.05, 4.69) is 5.43 Å². The van der Waals surface area contributed by atoms with E-state index in [0.717, 1.165) is 0 Å². The highest BCUT2D eigenvalue weighted by Gasteiger charge is 2.36. The lowest BCUT2D eigenvalue weighted by molar-refractivity contribution is 0.583. The van der Waals surface area contributed by atoms with Crippen LogP contribution in [0.25, 0.3) is 0 Å². The van der Waals surface area contributed by atoms with Crippen molar-refractivity contribution in [2.24, 2.45) is 0 Å². The van der Waals surface area contributed by atoms with Gasteiger partial charge in [-0.15, -0.1) is 0 Å². The lowest BCUT2D eigenvalue weighted by atomic mass is 10.2. The van der Waals surface area contributed by atoms with Gasteiger partial charge in [-0.1, -0.05) is 0 Å². The first-order valence-corrected chi connectivity index (χ1v) is 6.42. The van der Waals surface area contributed by atoms with Gasteiger partial charge in [-0.3, -0.25) is 4.68 Å². The van der Waals surface area contributed by atoms with Crippen LogP contribution in [0.3, 0.4) is 0 Å². The first-order valence-electron chi connectivity index (χ1n) is 4.71. The smallest absolute Gasteiger partial charge is 0.155 e. The Morgan fingerprint density at radius 1 is 1.36 bits per heavy atom. The molecular formula is C9H14N2O2S. The van der Waals surface area contributed by atoms with Gasteiger partial charge in [0.05, 0.1) is 17.0 Å². The second-order valence-electron chi connectivity index (χ2n) is 3.69. The van der Waals surface area contributed by atoms with Crippen LogP contribution in [-0.2, 0) is 9.84 Å².